The fraction of sp³-hybridized carbons (Fsp3) is 0.261. The number of carbonyl (C=O) groups is 1. The summed E-state index contributed by atoms with van der Waals surface area (Å²) >= 11 is 0. The zero-order valence-electron chi connectivity index (χ0n) is 18.4. The maximum absolute atomic E-state index is 13.0. The number of carbonyl (C=O) groups excluding carboxylic acids is 1. The van der Waals surface area contributed by atoms with E-state index in [0.29, 0.717) is 60.2 Å². The summed E-state index contributed by atoms with van der Waals surface area (Å²) in [5, 5.41) is 8.65. The van der Waals surface area contributed by atoms with Crippen LogP contribution in [-0.4, -0.2) is 75.9 Å². The Balaban J connectivity index is 1.20. The van der Waals surface area contributed by atoms with E-state index in [0.717, 1.165) is 11.4 Å². The van der Waals surface area contributed by atoms with Gasteiger partial charge in [-0.25, -0.2) is 9.97 Å². The summed E-state index contributed by atoms with van der Waals surface area (Å²) < 4.78 is 17.6. The Labute approximate surface area is 194 Å². The number of nitrogens with zero attached hydrogens (tertiary/aromatic N) is 7. The molecular formula is C23H21N7O4. The second-order valence-corrected chi connectivity index (χ2v) is 7.92. The minimum absolute atomic E-state index is 0.0313. The van der Waals surface area contributed by atoms with Crippen LogP contribution in [0.4, 0.5) is 5.82 Å². The number of ether oxygens (including phenoxy) is 3. The maximum Gasteiger partial charge on any atom is 0.254 e. The molecule has 0 radical (unpaired) electrons. The van der Waals surface area contributed by atoms with Crippen molar-refractivity contribution in [2.24, 2.45) is 0 Å². The highest BCUT2D eigenvalue weighted by Gasteiger charge is 2.26. The van der Waals surface area contributed by atoms with E-state index in [9.17, 15) is 4.79 Å². The zero-order chi connectivity index (χ0) is 23.1. The fourth-order valence-corrected chi connectivity index (χ4v) is 4.20. The lowest BCUT2D eigenvalue weighted by Crippen LogP contribution is -2.49. The summed E-state index contributed by atoms with van der Waals surface area (Å²) in [6.07, 6.45) is 1.52. The van der Waals surface area contributed by atoms with Gasteiger partial charge in [-0.15, -0.1) is 5.10 Å². The van der Waals surface area contributed by atoms with E-state index in [2.05, 4.69) is 25.2 Å². The third-order valence-corrected chi connectivity index (χ3v) is 6.02. The number of benzene rings is 2. The molecule has 0 saturated carbocycles. The lowest BCUT2D eigenvalue weighted by Gasteiger charge is -2.35. The molecule has 0 unspecified atom stereocenters. The van der Waals surface area contributed by atoms with E-state index in [1.165, 1.54) is 6.33 Å². The molecule has 34 heavy (non-hydrogen) atoms. The quantitative estimate of drug-likeness (QED) is 0.452. The topological polar surface area (TPSA) is 108 Å². The Morgan fingerprint density at radius 2 is 1.76 bits per heavy atom. The van der Waals surface area contributed by atoms with Crippen LogP contribution in [0, 0.1) is 0 Å². The summed E-state index contributed by atoms with van der Waals surface area (Å²) in [5.41, 5.74) is 2.65. The number of hydrogen-bond donors (Lipinski definition) is 0. The molecule has 11 nitrogen and oxygen atoms in total. The highest BCUT2D eigenvalue weighted by molar-refractivity contribution is 5.95. The molecule has 2 aromatic heterocycles. The van der Waals surface area contributed by atoms with Crippen molar-refractivity contribution in [3.63, 3.8) is 0 Å². The molecule has 6 rings (SSSR count). The molecule has 2 aliphatic rings. The van der Waals surface area contributed by atoms with Crippen LogP contribution in [0.25, 0.3) is 16.9 Å². The van der Waals surface area contributed by atoms with Crippen molar-refractivity contribution in [2.45, 2.75) is 0 Å². The summed E-state index contributed by atoms with van der Waals surface area (Å²) in [7, 11) is 1.63. The van der Waals surface area contributed by atoms with Crippen molar-refractivity contribution in [3.05, 3.63) is 54.4 Å². The Hall–Kier alpha value is -4.41. The Morgan fingerprint density at radius 3 is 2.56 bits per heavy atom. The van der Waals surface area contributed by atoms with E-state index in [1.54, 1.807) is 30.0 Å². The van der Waals surface area contributed by atoms with Crippen molar-refractivity contribution < 1.29 is 19.0 Å². The van der Waals surface area contributed by atoms with Crippen LogP contribution < -0.4 is 19.1 Å². The highest BCUT2D eigenvalue weighted by atomic mass is 16.7. The van der Waals surface area contributed by atoms with Crippen molar-refractivity contribution in [3.8, 4) is 22.9 Å². The van der Waals surface area contributed by atoms with Gasteiger partial charge in [-0.1, -0.05) is 5.21 Å². The molecule has 0 aliphatic carbocycles. The number of rotatable bonds is 4. The number of hydrogen-bond acceptors (Lipinski definition) is 9. The highest BCUT2D eigenvalue weighted by Crippen LogP contribution is 2.33. The number of piperazine rings is 1. The third-order valence-electron chi connectivity index (χ3n) is 6.02. The lowest BCUT2D eigenvalue weighted by atomic mass is 10.1. The summed E-state index contributed by atoms with van der Waals surface area (Å²) in [5.74, 6) is 2.71. The van der Waals surface area contributed by atoms with Crippen LogP contribution in [-0.2, 0) is 0 Å². The summed E-state index contributed by atoms with van der Waals surface area (Å²) in [6.45, 7) is 2.55. The SMILES string of the molecule is COc1ccc(-n2nnc3c(N4CCN(C(=O)c5ccc6c(c5)OCO6)CC4)ncnc32)cc1. The van der Waals surface area contributed by atoms with Crippen molar-refractivity contribution in [1.82, 2.24) is 29.9 Å². The van der Waals surface area contributed by atoms with E-state index >= 15 is 0 Å². The monoisotopic (exact) mass is 459 g/mol. The van der Waals surface area contributed by atoms with Crippen LogP contribution in [0.3, 0.4) is 0 Å². The second-order valence-electron chi connectivity index (χ2n) is 7.92. The molecule has 2 aromatic carbocycles. The van der Waals surface area contributed by atoms with Crippen molar-refractivity contribution >= 4 is 22.9 Å². The van der Waals surface area contributed by atoms with Gasteiger partial charge in [0.15, 0.2) is 28.5 Å². The average Bonchev–Trinajstić information content (AvgIpc) is 3.55. The molecule has 0 atom stereocenters. The molecule has 4 aromatic rings. The van der Waals surface area contributed by atoms with E-state index in [4.69, 9.17) is 14.2 Å². The largest absolute Gasteiger partial charge is 0.497 e. The number of amides is 1. The molecule has 2 aliphatic heterocycles. The molecule has 1 saturated heterocycles. The molecule has 1 amide bonds. The van der Waals surface area contributed by atoms with Gasteiger partial charge < -0.3 is 24.0 Å². The first-order valence-electron chi connectivity index (χ1n) is 10.9. The molecule has 0 N–H and O–H groups in total. The lowest BCUT2D eigenvalue weighted by molar-refractivity contribution is 0.0746. The van der Waals surface area contributed by atoms with Gasteiger partial charge in [-0.05, 0) is 42.5 Å². The number of aromatic nitrogens is 5. The van der Waals surface area contributed by atoms with Gasteiger partial charge in [0.1, 0.15) is 12.1 Å². The average molecular weight is 459 g/mol. The molecule has 172 valence electrons. The Kier molecular flexibility index (Phi) is 4.86. The van der Waals surface area contributed by atoms with Crippen LogP contribution in [0.15, 0.2) is 48.8 Å². The van der Waals surface area contributed by atoms with Gasteiger partial charge in [-0.2, -0.15) is 4.68 Å². The van der Waals surface area contributed by atoms with Crippen molar-refractivity contribution in [1.29, 1.82) is 0 Å². The van der Waals surface area contributed by atoms with E-state index in [1.807, 2.05) is 29.2 Å². The first-order chi connectivity index (χ1) is 16.7. The Bertz CT molecular complexity index is 1360. The van der Waals surface area contributed by atoms with Gasteiger partial charge in [0.2, 0.25) is 6.79 Å². The fourth-order valence-electron chi connectivity index (χ4n) is 4.20. The zero-order valence-corrected chi connectivity index (χ0v) is 18.4. The first kappa shape index (κ1) is 20.2. The maximum atomic E-state index is 13.0. The number of anilines is 1. The van der Waals surface area contributed by atoms with Crippen LogP contribution in [0.5, 0.6) is 17.2 Å². The van der Waals surface area contributed by atoms with Crippen LogP contribution in [0.2, 0.25) is 0 Å². The number of methoxy groups -OCH3 is 1. The van der Waals surface area contributed by atoms with Gasteiger partial charge >= 0.3 is 0 Å². The van der Waals surface area contributed by atoms with Crippen LogP contribution >= 0.6 is 0 Å². The number of fused-ring (bicyclic) bond motifs is 2. The second kappa shape index (κ2) is 8.18. The van der Waals surface area contributed by atoms with E-state index in [-0.39, 0.29) is 12.7 Å². The molecule has 4 heterocycles. The minimum atomic E-state index is -0.0313. The predicted molar refractivity (Wildman–Crippen MR) is 122 cm³/mol. The molecule has 0 spiro atoms. The predicted octanol–water partition coefficient (Wildman–Crippen LogP) is 1.91. The standard InChI is InChI=1S/C23H21N7O4/c1-32-17-5-3-16(4-6-17)30-22-20(26-27-30)21(24-13-25-22)28-8-10-29(11-9-28)23(31)15-2-7-18-19(12-15)34-14-33-18/h2-7,12-13H,8-11,14H2,1H3. The molecule has 1 fully saturated rings. The van der Waals surface area contributed by atoms with Gasteiger partial charge in [-0.3, -0.25) is 4.79 Å². The third kappa shape index (κ3) is 3.41. The smallest absolute Gasteiger partial charge is 0.254 e. The summed E-state index contributed by atoms with van der Waals surface area (Å²) in [4.78, 5) is 25.8. The van der Waals surface area contributed by atoms with Gasteiger partial charge in [0.05, 0.1) is 12.8 Å². The van der Waals surface area contributed by atoms with Crippen molar-refractivity contribution in [2.75, 3.05) is 45.0 Å². The first-order valence-corrected chi connectivity index (χ1v) is 10.9. The Morgan fingerprint density at radius 1 is 0.971 bits per heavy atom. The molecule has 0 bridgehead atoms. The molecule has 11 heteroatoms. The summed E-state index contributed by atoms with van der Waals surface area (Å²) in [6, 6.07) is 12.8. The van der Waals surface area contributed by atoms with Gasteiger partial charge in [0, 0.05) is 31.7 Å². The van der Waals surface area contributed by atoms with Crippen LogP contribution in [0.1, 0.15) is 10.4 Å². The van der Waals surface area contributed by atoms with Gasteiger partial charge in [0.25, 0.3) is 5.91 Å². The van der Waals surface area contributed by atoms with E-state index < -0.39 is 0 Å². The minimum Gasteiger partial charge on any atom is -0.497 e. The normalized spacial score (nSPS) is 15.1. The molecular weight excluding hydrogens is 438 g/mol.